The van der Waals surface area contributed by atoms with E-state index in [4.69, 9.17) is 23.4 Å². The molecule has 216 valence electrons. The second kappa shape index (κ2) is 11.5. The van der Waals surface area contributed by atoms with Crippen LogP contribution in [0.1, 0.15) is 99.8 Å². The Morgan fingerprint density at radius 2 is 1.46 bits per heavy atom. The molecular formula is C31H58O5Si. The molecule has 0 N–H and O–H groups in total. The summed E-state index contributed by atoms with van der Waals surface area (Å²) in [5, 5.41) is 0.219. The molecule has 1 unspecified atom stereocenters. The molecule has 0 aromatic carbocycles. The Labute approximate surface area is 229 Å². The molecule has 4 rings (SSSR count). The van der Waals surface area contributed by atoms with Gasteiger partial charge in [-0.1, -0.05) is 41.0 Å². The maximum Gasteiger partial charge on any atom is 0.192 e. The molecule has 37 heavy (non-hydrogen) atoms. The average molecular weight is 539 g/mol. The second-order valence-electron chi connectivity index (χ2n) is 14.6. The Morgan fingerprint density at radius 3 is 2.11 bits per heavy atom. The van der Waals surface area contributed by atoms with Crippen LogP contribution in [0, 0.1) is 34.5 Å². The lowest BCUT2D eigenvalue weighted by Gasteiger charge is -2.64. The highest BCUT2D eigenvalue weighted by Crippen LogP contribution is 2.67. The Balaban J connectivity index is 1.64. The van der Waals surface area contributed by atoms with Crippen LogP contribution in [0.2, 0.25) is 18.1 Å². The van der Waals surface area contributed by atoms with Crippen LogP contribution in [-0.2, 0) is 23.4 Å². The zero-order valence-corrected chi connectivity index (χ0v) is 26.6. The highest BCUT2D eigenvalue weighted by Gasteiger charge is 2.65. The molecule has 0 heterocycles. The molecule has 0 aromatic heterocycles. The molecule has 0 aliphatic heterocycles. The van der Waals surface area contributed by atoms with Crippen molar-refractivity contribution in [3.63, 3.8) is 0 Å². The van der Waals surface area contributed by atoms with E-state index in [1.54, 1.807) is 0 Å². The minimum absolute atomic E-state index is 0.152. The predicted molar refractivity (Wildman–Crippen MR) is 152 cm³/mol. The molecule has 9 atom stereocenters. The lowest BCUT2D eigenvalue weighted by atomic mass is 9.44. The highest BCUT2D eigenvalue weighted by atomic mass is 28.4. The third-order valence-corrected chi connectivity index (χ3v) is 16.4. The molecule has 4 saturated carbocycles. The summed E-state index contributed by atoms with van der Waals surface area (Å²) >= 11 is 0. The first-order valence-corrected chi connectivity index (χ1v) is 18.4. The largest absolute Gasteiger partial charge is 0.413 e. The summed E-state index contributed by atoms with van der Waals surface area (Å²) < 4.78 is 31.7. The van der Waals surface area contributed by atoms with Gasteiger partial charge in [-0.15, -0.1) is 0 Å². The van der Waals surface area contributed by atoms with Gasteiger partial charge in [-0.2, -0.15) is 0 Å². The van der Waals surface area contributed by atoms with Crippen molar-refractivity contribution in [2.24, 2.45) is 34.5 Å². The second-order valence-corrected chi connectivity index (χ2v) is 19.3. The molecule has 4 aliphatic carbocycles. The zero-order valence-electron chi connectivity index (χ0n) is 25.6. The molecule has 0 spiro atoms. The zero-order chi connectivity index (χ0) is 27.1. The summed E-state index contributed by atoms with van der Waals surface area (Å²) in [5.74, 6) is 2.59. The van der Waals surface area contributed by atoms with E-state index in [-0.39, 0.29) is 22.0 Å². The molecule has 0 radical (unpaired) electrons. The van der Waals surface area contributed by atoms with Gasteiger partial charge in [0.05, 0.1) is 18.3 Å². The fourth-order valence-corrected chi connectivity index (χ4v) is 10.3. The van der Waals surface area contributed by atoms with Crippen molar-refractivity contribution < 1.29 is 23.4 Å². The van der Waals surface area contributed by atoms with Crippen molar-refractivity contribution in [1.82, 2.24) is 0 Å². The van der Waals surface area contributed by atoms with Crippen molar-refractivity contribution >= 4 is 8.32 Å². The smallest absolute Gasteiger partial charge is 0.192 e. The molecule has 0 saturated heterocycles. The van der Waals surface area contributed by atoms with Gasteiger partial charge in [-0.05, 0) is 106 Å². The number of hydrogen-bond acceptors (Lipinski definition) is 5. The van der Waals surface area contributed by atoms with Gasteiger partial charge in [0, 0.05) is 18.6 Å². The first-order chi connectivity index (χ1) is 17.4. The van der Waals surface area contributed by atoms with Gasteiger partial charge >= 0.3 is 0 Å². The Kier molecular flexibility index (Phi) is 9.31. The maximum atomic E-state index is 7.37. The lowest BCUT2D eigenvalue weighted by molar-refractivity contribution is -0.228. The van der Waals surface area contributed by atoms with Crippen molar-refractivity contribution in [1.29, 1.82) is 0 Å². The third kappa shape index (κ3) is 5.50. The van der Waals surface area contributed by atoms with E-state index in [0.717, 1.165) is 6.42 Å². The molecule has 4 aliphatic rings. The van der Waals surface area contributed by atoms with Crippen molar-refractivity contribution in [3.8, 4) is 0 Å². The van der Waals surface area contributed by atoms with Gasteiger partial charge < -0.3 is 23.4 Å². The number of fused-ring (bicyclic) bond motifs is 5. The first kappa shape index (κ1) is 30.0. The predicted octanol–water partition coefficient (Wildman–Crippen LogP) is 7.79. The third-order valence-electron chi connectivity index (χ3n) is 11.9. The summed E-state index contributed by atoms with van der Waals surface area (Å²) in [6.45, 7) is 23.5. The van der Waals surface area contributed by atoms with Gasteiger partial charge in [0.15, 0.2) is 8.32 Å². The molecule has 4 fully saturated rings. The quantitative estimate of drug-likeness (QED) is 0.161. The monoisotopic (exact) mass is 538 g/mol. The van der Waals surface area contributed by atoms with Gasteiger partial charge in [0.1, 0.15) is 13.6 Å². The molecule has 5 nitrogen and oxygen atoms in total. The Hall–Kier alpha value is 0.0169. The number of hydrogen-bond donors (Lipinski definition) is 0. The topological polar surface area (TPSA) is 46.2 Å². The first-order valence-electron chi connectivity index (χ1n) is 15.5. The van der Waals surface area contributed by atoms with Crippen molar-refractivity contribution in [3.05, 3.63) is 0 Å². The normalized spacial score (nSPS) is 42.2. The van der Waals surface area contributed by atoms with E-state index in [1.165, 1.54) is 44.9 Å². The molecule has 6 heteroatoms. The summed E-state index contributed by atoms with van der Waals surface area (Å²) in [4.78, 5) is 0. The minimum Gasteiger partial charge on any atom is -0.413 e. The Bertz CT molecular complexity index is 752. The van der Waals surface area contributed by atoms with E-state index in [2.05, 4.69) is 54.6 Å². The van der Waals surface area contributed by atoms with Crippen molar-refractivity contribution in [2.75, 3.05) is 26.8 Å². The van der Waals surface area contributed by atoms with E-state index < -0.39 is 8.32 Å². The van der Waals surface area contributed by atoms with Crippen LogP contribution in [0.15, 0.2) is 0 Å². The van der Waals surface area contributed by atoms with Crippen LogP contribution < -0.4 is 0 Å². The van der Waals surface area contributed by atoms with E-state index >= 15 is 0 Å². The van der Waals surface area contributed by atoms with E-state index in [0.29, 0.717) is 62.7 Å². The number of ether oxygens (including phenoxy) is 4. The SMILES string of the molecule is CCOCO[C@H]1C[C@H]2[C@@H]3CC[C@H](OCOCC)[C@@]3(C)CC[C@@H]2[C@@]2(C)C(O[Si](C)(C)C(C)(C)C)CCC[C@H]12. The maximum absolute atomic E-state index is 7.37. The summed E-state index contributed by atoms with van der Waals surface area (Å²) in [5.41, 5.74) is 0.384. The van der Waals surface area contributed by atoms with Crippen LogP contribution in [0.3, 0.4) is 0 Å². The van der Waals surface area contributed by atoms with Gasteiger partial charge in [-0.3, -0.25) is 0 Å². The Morgan fingerprint density at radius 1 is 0.784 bits per heavy atom. The molecule has 0 aromatic rings. The molecule has 0 bridgehead atoms. The van der Waals surface area contributed by atoms with Crippen LogP contribution in [-0.4, -0.2) is 53.4 Å². The summed E-state index contributed by atoms with van der Waals surface area (Å²) in [6.07, 6.45) is 10.7. The van der Waals surface area contributed by atoms with Crippen LogP contribution in [0.5, 0.6) is 0 Å². The van der Waals surface area contributed by atoms with Gasteiger partial charge in [0.25, 0.3) is 0 Å². The van der Waals surface area contributed by atoms with Crippen LogP contribution >= 0.6 is 0 Å². The summed E-state index contributed by atoms with van der Waals surface area (Å²) in [6, 6.07) is 0. The van der Waals surface area contributed by atoms with Gasteiger partial charge in [0.2, 0.25) is 0 Å². The number of rotatable bonds is 10. The average Bonchev–Trinajstić information content (AvgIpc) is 3.16. The van der Waals surface area contributed by atoms with E-state index in [1.807, 2.05) is 6.92 Å². The minimum atomic E-state index is -1.90. The van der Waals surface area contributed by atoms with Crippen molar-refractivity contribution in [2.45, 2.75) is 136 Å². The lowest BCUT2D eigenvalue weighted by Crippen LogP contribution is -2.64. The standard InChI is InChI=1S/C31H58O5Si/c1-10-32-20-34-26-19-22-23-15-16-27(35-21-33-11-2)30(23,6)18-17-24(22)31(7)25(26)13-12-14-28(31)36-37(8,9)29(3,4)5/h22-28H,10-21H2,1-9H3/t22-,23-,24-,25+,26-,27-,28?,30-,31+/m0/s1. The van der Waals surface area contributed by atoms with Crippen LogP contribution in [0.4, 0.5) is 0 Å². The fraction of sp³-hybridized carbons (Fsp3) is 1.00. The molecular weight excluding hydrogens is 480 g/mol. The molecule has 0 amide bonds. The van der Waals surface area contributed by atoms with E-state index in [9.17, 15) is 0 Å². The highest BCUT2D eigenvalue weighted by molar-refractivity contribution is 6.74. The van der Waals surface area contributed by atoms with Crippen LogP contribution in [0.25, 0.3) is 0 Å². The summed E-state index contributed by atoms with van der Waals surface area (Å²) in [7, 11) is -1.90. The fourth-order valence-electron chi connectivity index (χ4n) is 8.87. The van der Waals surface area contributed by atoms with Gasteiger partial charge in [-0.25, -0.2) is 0 Å².